The predicted octanol–water partition coefficient (Wildman–Crippen LogP) is 3.00. The van der Waals surface area contributed by atoms with Gasteiger partial charge in [0.05, 0.1) is 8.80 Å². The summed E-state index contributed by atoms with van der Waals surface area (Å²) in [5.41, 5.74) is 1.83. The van der Waals surface area contributed by atoms with Crippen LogP contribution in [-0.4, -0.2) is 31.7 Å². The second-order valence-electron chi connectivity index (χ2n) is 5.37. The van der Waals surface area contributed by atoms with Gasteiger partial charge in [0, 0.05) is 6.17 Å². The van der Waals surface area contributed by atoms with E-state index in [1.54, 1.807) is 18.2 Å². The first-order chi connectivity index (χ1) is 11.0. The molecule has 1 aliphatic rings. The van der Waals surface area contributed by atoms with Crippen molar-refractivity contribution >= 4 is 20.6 Å². The van der Waals surface area contributed by atoms with Crippen LogP contribution in [0.3, 0.4) is 0 Å². The molecule has 0 atom stereocenters. The maximum absolute atomic E-state index is 11.9. The molecule has 0 aromatic heterocycles. The summed E-state index contributed by atoms with van der Waals surface area (Å²) in [7, 11) is -0.625. The Labute approximate surface area is 158 Å². The van der Waals surface area contributed by atoms with E-state index in [1.165, 1.54) is 4.90 Å². The summed E-state index contributed by atoms with van der Waals surface area (Å²) in [5, 5.41) is 0. The molecule has 0 spiro atoms. The SMILES string of the molecule is C[Si](C)CN1C(=O)c2c[c-]ccc2C1=O.[C-]#Cc1ccccc1.[W+2]. The van der Waals surface area contributed by atoms with E-state index >= 15 is 0 Å². The number of fused-ring (bicyclic) bond motifs is 1. The number of rotatable bonds is 2. The molecule has 24 heavy (non-hydrogen) atoms. The van der Waals surface area contributed by atoms with E-state index in [-0.39, 0.29) is 32.9 Å². The quantitative estimate of drug-likeness (QED) is 0.274. The van der Waals surface area contributed by atoms with Crippen molar-refractivity contribution in [2.45, 2.75) is 13.1 Å². The van der Waals surface area contributed by atoms with E-state index in [0.29, 0.717) is 17.3 Å². The van der Waals surface area contributed by atoms with Gasteiger partial charge < -0.3 is 6.42 Å². The monoisotopic (exact) mass is 502 g/mol. The van der Waals surface area contributed by atoms with Gasteiger partial charge in [0.1, 0.15) is 0 Å². The first-order valence-corrected chi connectivity index (χ1v) is 9.88. The molecule has 0 unspecified atom stereocenters. The molecule has 3 nitrogen and oxygen atoms in total. The molecule has 1 heterocycles. The minimum Gasteiger partial charge on any atom is -0.366 e. The van der Waals surface area contributed by atoms with E-state index in [2.05, 4.69) is 25.1 Å². The number of nitrogens with zero attached hydrogens (tertiary/aromatic N) is 1. The number of hydrogen-bond acceptors (Lipinski definition) is 2. The minimum atomic E-state index is -0.625. The summed E-state index contributed by atoms with van der Waals surface area (Å²) in [5.74, 6) is 1.95. The zero-order valence-corrected chi connectivity index (χ0v) is 17.4. The Morgan fingerprint density at radius 2 is 1.71 bits per heavy atom. The van der Waals surface area contributed by atoms with Gasteiger partial charge in [-0.1, -0.05) is 42.4 Å². The van der Waals surface area contributed by atoms with Crippen LogP contribution in [0.1, 0.15) is 26.3 Å². The third-order valence-electron chi connectivity index (χ3n) is 3.21. The topological polar surface area (TPSA) is 37.4 Å². The molecule has 0 fully saturated rings. The van der Waals surface area contributed by atoms with Crippen LogP contribution >= 0.6 is 0 Å². The molecular formula is C19H16NO2SiW. The van der Waals surface area contributed by atoms with Crippen LogP contribution in [0.4, 0.5) is 0 Å². The van der Waals surface area contributed by atoms with Crippen LogP contribution in [-0.2, 0) is 21.1 Å². The average Bonchev–Trinajstić information content (AvgIpc) is 2.81. The molecule has 2 amide bonds. The summed E-state index contributed by atoms with van der Waals surface area (Å²) in [4.78, 5) is 25.0. The Bertz CT molecular complexity index is 718. The van der Waals surface area contributed by atoms with Gasteiger partial charge in [0.15, 0.2) is 0 Å². The molecule has 1 aliphatic heterocycles. The summed E-state index contributed by atoms with van der Waals surface area (Å²) in [6, 6.07) is 17.1. The number of amides is 2. The molecule has 3 rings (SSSR count). The van der Waals surface area contributed by atoms with Gasteiger partial charge in [-0.05, 0) is 0 Å². The van der Waals surface area contributed by atoms with E-state index in [9.17, 15) is 9.59 Å². The Morgan fingerprint density at radius 1 is 1.08 bits per heavy atom. The van der Waals surface area contributed by atoms with Crippen LogP contribution < -0.4 is 0 Å². The van der Waals surface area contributed by atoms with Gasteiger partial charge >= 0.3 is 21.1 Å². The van der Waals surface area contributed by atoms with Gasteiger partial charge in [-0.15, -0.1) is 17.7 Å². The van der Waals surface area contributed by atoms with Crippen molar-refractivity contribution in [3.8, 4) is 5.92 Å². The van der Waals surface area contributed by atoms with Gasteiger partial charge in [-0.25, -0.2) is 0 Å². The van der Waals surface area contributed by atoms with Crippen molar-refractivity contribution in [3.63, 3.8) is 0 Å². The fourth-order valence-corrected chi connectivity index (χ4v) is 3.08. The smallest absolute Gasteiger partial charge is 0.366 e. The fraction of sp³-hybridized carbons (Fsp3) is 0.158. The molecule has 1 radical (unpaired) electrons. The second kappa shape index (κ2) is 9.37. The Balaban J connectivity index is 0.000000273. The fourth-order valence-electron chi connectivity index (χ4n) is 2.16. The number of carbonyl (C=O) groups is 2. The average molecular weight is 502 g/mol. The molecule has 2 aromatic rings. The normalized spacial score (nSPS) is 12.0. The summed E-state index contributed by atoms with van der Waals surface area (Å²) < 4.78 is 0. The van der Waals surface area contributed by atoms with Crippen LogP contribution in [0.5, 0.6) is 0 Å². The maximum Gasteiger partial charge on any atom is 2.00 e. The number of carbonyl (C=O) groups excluding carboxylic acids is 2. The van der Waals surface area contributed by atoms with Crippen molar-refractivity contribution in [3.05, 3.63) is 77.7 Å². The van der Waals surface area contributed by atoms with Crippen LogP contribution in [0.2, 0.25) is 13.1 Å². The Morgan fingerprint density at radius 3 is 2.21 bits per heavy atom. The van der Waals surface area contributed by atoms with Crippen molar-refractivity contribution in [2.75, 3.05) is 6.17 Å². The zero-order valence-electron chi connectivity index (χ0n) is 13.5. The minimum absolute atomic E-state index is 0. The predicted molar refractivity (Wildman–Crippen MR) is 90.8 cm³/mol. The standard InChI is InChI=1S/C11H11NO2Si.C8H5.W/c1-15(2)7-12-10(13)8-5-3-4-6-9(8)11(12)14;1-2-8-6-4-3-5-7-8;/h3,5-6H,7H2,1-2H3;3-7H;/q2*-1;+2. The van der Waals surface area contributed by atoms with Crippen molar-refractivity contribution in [1.82, 2.24) is 4.90 Å². The second-order valence-corrected chi connectivity index (χ2v) is 8.10. The van der Waals surface area contributed by atoms with Gasteiger partial charge in [0.25, 0.3) is 0 Å². The van der Waals surface area contributed by atoms with Crippen molar-refractivity contribution in [2.24, 2.45) is 0 Å². The first-order valence-electron chi connectivity index (χ1n) is 7.17. The molecular weight excluding hydrogens is 486 g/mol. The molecule has 5 heteroatoms. The largest absolute Gasteiger partial charge is 2.00 e. The number of hydrogen-bond donors (Lipinski definition) is 0. The molecule has 2 aromatic carbocycles. The first kappa shape index (κ1) is 20.1. The maximum atomic E-state index is 11.9. The van der Waals surface area contributed by atoms with Crippen LogP contribution in [0, 0.1) is 18.4 Å². The molecule has 0 bridgehead atoms. The molecule has 0 N–H and O–H groups in total. The Kier molecular flexibility index (Phi) is 7.84. The molecule has 0 saturated carbocycles. The summed E-state index contributed by atoms with van der Waals surface area (Å²) >= 11 is 0. The van der Waals surface area contributed by atoms with Gasteiger partial charge in [-0.2, -0.15) is 24.3 Å². The number of benzene rings is 2. The van der Waals surface area contributed by atoms with E-state index in [4.69, 9.17) is 6.42 Å². The summed E-state index contributed by atoms with van der Waals surface area (Å²) in [6.45, 7) is 4.17. The number of imide groups is 1. The summed E-state index contributed by atoms with van der Waals surface area (Å²) in [6.07, 6.45) is 7.27. The molecule has 0 aliphatic carbocycles. The molecule has 0 saturated heterocycles. The Hall–Kier alpha value is -1.95. The van der Waals surface area contributed by atoms with Crippen LogP contribution in [0.15, 0.2) is 48.5 Å². The van der Waals surface area contributed by atoms with Crippen molar-refractivity contribution < 1.29 is 30.7 Å². The van der Waals surface area contributed by atoms with Crippen molar-refractivity contribution in [1.29, 1.82) is 0 Å². The van der Waals surface area contributed by atoms with Gasteiger partial charge in [-0.3, -0.25) is 20.4 Å². The van der Waals surface area contributed by atoms with Crippen LogP contribution in [0.25, 0.3) is 0 Å². The molecule has 119 valence electrons. The van der Waals surface area contributed by atoms with E-state index in [1.807, 2.05) is 30.3 Å². The third-order valence-corrected chi connectivity index (χ3v) is 4.16. The van der Waals surface area contributed by atoms with Gasteiger partial charge in [0.2, 0.25) is 11.8 Å². The third kappa shape index (κ3) is 4.77. The zero-order chi connectivity index (χ0) is 16.8. The van der Waals surface area contributed by atoms with E-state index < -0.39 is 8.80 Å². The van der Waals surface area contributed by atoms with E-state index in [0.717, 1.165) is 5.56 Å².